The number of rotatable bonds is 3. The second-order valence-corrected chi connectivity index (χ2v) is 2.62. The average molecular weight is 187 g/mol. The molecule has 1 unspecified atom stereocenters. The lowest BCUT2D eigenvalue weighted by Crippen LogP contribution is -2.33. The number of nitrogens with two attached hydrogens (primary N) is 1. The number of hydrogen-bond acceptors (Lipinski definition) is 2. The molecule has 1 aromatic carbocycles. The van der Waals surface area contributed by atoms with Crippen molar-refractivity contribution in [3.8, 4) is 0 Å². The van der Waals surface area contributed by atoms with Crippen molar-refractivity contribution in [2.24, 2.45) is 5.73 Å². The Morgan fingerprint density at radius 1 is 1.46 bits per heavy atom. The average Bonchev–Trinajstić information content (AvgIpc) is 2.17. The molecular formula is C9H11F2NO. The van der Waals surface area contributed by atoms with Crippen molar-refractivity contribution in [1.82, 2.24) is 0 Å². The van der Waals surface area contributed by atoms with Crippen LogP contribution in [0.2, 0.25) is 0 Å². The number of halogens is 2. The summed E-state index contributed by atoms with van der Waals surface area (Å²) in [4.78, 5) is 0. The molecule has 0 bridgehead atoms. The van der Waals surface area contributed by atoms with Gasteiger partial charge in [-0.15, -0.1) is 0 Å². The molecule has 0 fully saturated rings. The third kappa shape index (κ3) is 1.84. The van der Waals surface area contributed by atoms with Gasteiger partial charge in [-0.05, 0) is 6.07 Å². The Bertz CT molecular complexity index is 287. The summed E-state index contributed by atoms with van der Waals surface area (Å²) in [6.45, 7) is -0.412. The molecule has 0 spiro atoms. The van der Waals surface area contributed by atoms with E-state index in [2.05, 4.69) is 4.74 Å². The number of alkyl halides is 1. The van der Waals surface area contributed by atoms with E-state index < -0.39 is 18.2 Å². The lowest BCUT2D eigenvalue weighted by Gasteiger charge is -2.22. The third-order valence-electron chi connectivity index (χ3n) is 1.86. The predicted molar refractivity (Wildman–Crippen MR) is 45.2 cm³/mol. The first-order valence-electron chi connectivity index (χ1n) is 3.83. The molecule has 0 aliphatic heterocycles. The summed E-state index contributed by atoms with van der Waals surface area (Å²) < 4.78 is 31.3. The first-order valence-corrected chi connectivity index (χ1v) is 3.83. The van der Waals surface area contributed by atoms with Gasteiger partial charge >= 0.3 is 0 Å². The van der Waals surface area contributed by atoms with Crippen LogP contribution in [-0.4, -0.2) is 13.7 Å². The smallest absolute Gasteiger partial charge is 0.250 e. The van der Waals surface area contributed by atoms with E-state index in [0.717, 1.165) is 7.11 Å². The van der Waals surface area contributed by atoms with Gasteiger partial charge in [0.15, 0.2) is 0 Å². The SMILES string of the molecule is COC(F)(CN)c1ccccc1F. The molecule has 0 heterocycles. The minimum atomic E-state index is -2.23. The van der Waals surface area contributed by atoms with Crippen LogP contribution < -0.4 is 5.73 Å². The Labute approximate surface area is 75.3 Å². The van der Waals surface area contributed by atoms with E-state index in [-0.39, 0.29) is 5.56 Å². The highest BCUT2D eigenvalue weighted by atomic mass is 19.2. The van der Waals surface area contributed by atoms with Crippen molar-refractivity contribution in [1.29, 1.82) is 0 Å². The van der Waals surface area contributed by atoms with Gasteiger partial charge in [0.25, 0.3) is 0 Å². The maximum atomic E-state index is 13.7. The number of ether oxygens (including phenoxy) is 1. The maximum absolute atomic E-state index is 13.7. The summed E-state index contributed by atoms with van der Waals surface area (Å²) in [5.74, 6) is -2.89. The summed E-state index contributed by atoms with van der Waals surface area (Å²) in [7, 11) is 1.15. The molecule has 0 radical (unpaired) electrons. The van der Waals surface area contributed by atoms with Gasteiger partial charge in [0, 0.05) is 7.11 Å². The van der Waals surface area contributed by atoms with Gasteiger partial charge in [-0.2, -0.15) is 0 Å². The van der Waals surface area contributed by atoms with Gasteiger partial charge < -0.3 is 10.5 Å². The molecule has 0 saturated carbocycles. The van der Waals surface area contributed by atoms with Crippen LogP contribution in [0, 0.1) is 5.82 Å². The Hall–Kier alpha value is -1.00. The topological polar surface area (TPSA) is 35.2 Å². The summed E-state index contributed by atoms with van der Waals surface area (Å²) in [5.41, 5.74) is 4.99. The molecule has 0 aromatic heterocycles. The lowest BCUT2D eigenvalue weighted by molar-refractivity contribution is -0.122. The van der Waals surface area contributed by atoms with Crippen molar-refractivity contribution in [2.45, 2.75) is 5.85 Å². The Morgan fingerprint density at radius 2 is 2.08 bits per heavy atom. The fourth-order valence-electron chi connectivity index (χ4n) is 1.07. The summed E-state index contributed by atoms with van der Waals surface area (Å²) in [6.07, 6.45) is 0. The van der Waals surface area contributed by atoms with E-state index in [1.54, 1.807) is 0 Å². The van der Waals surface area contributed by atoms with Gasteiger partial charge in [-0.3, -0.25) is 0 Å². The zero-order valence-electron chi connectivity index (χ0n) is 7.26. The van der Waals surface area contributed by atoms with Crippen LogP contribution in [0.4, 0.5) is 8.78 Å². The van der Waals surface area contributed by atoms with Crippen molar-refractivity contribution in [3.63, 3.8) is 0 Å². The monoisotopic (exact) mass is 187 g/mol. The first kappa shape index (κ1) is 10.1. The van der Waals surface area contributed by atoms with Crippen LogP contribution in [0.3, 0.4) is 0 Å². The molecule has 0 aliphatic rings. The van der Waals surface area contributed by atoms with E-state index in [9.17, 15) is 8.78 Å². The summed E-state index contributed by atoms with van der Waals surface area (Å²) >= 11 is 0. The first-order chi connectivity index (χ1) is 6.14. The normalized spacial score (nSPS) is 15.4. The van der Waals surface area contributed by atoms with E-state index in [1.807, 2.05) is 0 Å². The van der Waals surface area contributed by atoms with Crippen LogP contribution in [-0.2, 0) is 10.6 Å². The molecule has 1 rings (SSSR count). The molecule has 0 amide bonds. The maximum Gasteiger partial charge on any atom is 0.250 e. The van der Waals surface area contributed by atoms with Crippen LogP contribution in [0.5, 0.6) is 0 Å². The molecule has 1 atom stereocenters. The van der Waals surface area contributed by atoms with Crippen LogP contribution in [0.25, 0.3) is 0 Å². The fraction of sp³-hybridized carbons (Fsp3) is 0.333. The molecule has 4 heteroatoms. The minimum Gasteiger partial charge on any atom is -0.345 e. The zero-order chi connectivity index (χ0) is 9.90. The molecule has 13 heavy (non-hydrogen) atoms. The highest BCUT2D eigenvalue weighted by Gasteiger charge is 2.32. The van der Waals surface area contributed by atoms with Crippen molar-refractivity contribution in [3.05, 3.63) is 35.6 Å². The van der Waals surface area contributed by atoms with Gasteiger partial charge in [-0.25, -0.2) is 8.78 Å². The minimum absolute atomic E-state index is 0.167. The standard InChI is InChI=1S/C9H11F2NO/c1-13-9(11,6-12)7-4-2-3-5-8(7)10/h2-5H,6,12H2,1H3. The van der Waals surface area contributed by atoms with Gasteiger partial charge in [0.1, 0.15) is 5.82 Å². The van der Waals surface area contributed by atoms with Gasteiger partial charge in [-0.1, -0.05) is 18.2 Å². The van der Waals surface area contributed by atoms with Crippen molar-refractivity contribution in [2.75, 3.05) is 13.7 Å². The summed E-state index contributed by atoms with van der Waals surface area (Å²) in [6, 6.07) is 5.48. The number of benzene rings is 1. The highest BCUT2D eigenvalue weighted by Crippen LogP contribution is 2.27. The van der Waals surface area contributed by atoms with Crippen LogP contribution in [0.15, 0.2) is 24.3 Å². The third-order valence-corrected chi connectivity index (χ3v) is 1.86. The Balaban J connectivity index is 3.12. The molecule has 2 nitrogen and oxygen atoms in total. The molecule has 0 aliphatic carbocycles. The van der Waals surface area contributed by atoms with Crippen LogP contribution in [0.1, 0.15) is 5.56 Å². The lowest BCUT2D eigenvalue weighted by atomic mass is 10.1. The van der Waals surface area contributed by atoms with Gasteiger partial charge in [0.2, 0.25) is 5.85 Å². The second kappa shape index (κ2) is 3.81. The fourth-order valence-corrected chi connectivity index (χ4v) is 1.07. The Morgan fingerprint density at radius 3 is 2.54 bits per heavy atom. The van der Waals surface area contributed by atoms with E-state index in [0.29, 0.717) is 0 Å². The quantitative estimate of drug-likeness (QED) is 0.779. The number of methoxy groups -OCH3 is 1. The predicted octanol–water partition coefficient (Wildman–Crippen LogP) is 1.55. The van der Waals surface area contributed by atoms with Crippen LogP contribution >= 0.6 is 0 Å². The molecular weight excluding hydrogens is 176 g/mol. The molecule has 0 saturated heterocycles. The highest BCUT2D eigenvalue weighted by molar-refractivity contribution is 5.22. The van der Waals surface area contributed by atoms with E-state index in [1.165, 1.54) is 24.3 Å². The van der Waals surface area contributed by atoms with E-state index >= 15 is 0 Å². The van der Waals surface area contributed by atoms with Crippen molar-refractivity contribution >= 4 is 0 Å². The largest absolute Gasteiger partial charge is 0.345 e. The van der Waals surface area contributed by atoms with Crippen molar-refractivity contribution < 1.29 is 13.5 Å². The Kier molecular flexibility index (Phi) is 2.95. The second-order valence-electron chi connectivity index (χ2n) is 2.62. The molecule has 2 N–H and O–H groups in total. The summed E-state index contributed by atoms with van der Waals surface area (Å²) in [5, 5.41) is 0. The zero-order valence-corrected chi connectivity index (χ0v) is 7.26. The number of hydrogen-bond donors (Lipinski definition) is 1. The van der Waals surface area contributed by atoms with E-state index in [4.69, 9.17) is 5.73 Å². The van der Waals surface area contributed by atoms with Gasteiger partial charge in [0.05, 0.1) is 12.1 Å². The molecule has 1 aromatic rings. The molecule has 72 valence electrons.